The molecule has 0 radical (unpaired) electrons. The standard InChI is InChI=1S/C16H35N3/c1-7-8-15(13-17-16(4,5)6)19-11-9-18(10-12-19)14(2)3/h14-15,17H,7-13H2,1-6H3. The fourth-order valence-corrected chi connectivity index (χ4v) is 2.79. The van der Waals surface area contributed by atoms with Crippen molar-refractivity contribution in [1.29, 1.82) is 0 Å². The molecular formula is C16H35N3. The SMILES string of the molecule is CCCC(CNC(C)(C)C)N1CCN(C(C)C)CC1. The third-order valence-electron chi connectivity index (χ3n) is 4.09. The van der Waals surface area contributed by atoms with Gasteiger partial charge in [-0.2, -0.15) is 0 Å². The third-order valence-corrected chi connectivity index (χ3v) is 4.09. The number of hydrogen-bond acceptors (Lipinski definition) is 3. The number of hydrogen-bond donors (Lipinski definition) is 1. The highest BCUT2D eigenvalue weighted by Crippen LogP contribution is 2.13. The zero-order chi connectivity index (χ0) is 14.5. The van der Waals surface area contributed by atoms with Gasteiger partial charge in [0, 0.05) is 50.3 Å². The Labute approximate surface area is 120 Å². The molecule has 1 aliphatic rings. The quantitative estimate of drug-likeness (QED) is 0.799. The van der Waals surface area contributed by atoms with Gasteiger partial charge in [-0.3, -0.25) is 9.80 Å². The summed E-state index contributed by atoms with van der Waals surface area (Å²) in [5.74, 6) is 0. The van der Waals surface area contributed by atoms with E-state index in [4.69, 9.17) is 0 Å². The molecule has 0 aromatic carbocycles. The Kier molecular flexibility index (Phi) is 6.78. The first kappa shape index (κ1) is 16.9. The second-order valence-corrected chi connectivity index (χ2v) is 7.24. The Morgan fingerprint density at radius 1 is 1.00 bits per heavy atom. The first-order chi connectivity index (χ1) is 8.83. The van der Waals surface area contributed by atoms with Crippen LogP contribution in [0.5, 0.6) is 0 Å². The first-order valence-electron chi connectivity index (χ1n) is 8.06. The number of rotatable bonds is 6. The average molecular weight is 269 g/mol. The Morgan fingerprint density at radius 2 is 1.53 bits per heavy atom. The van der Waals surface area contributed by atoms with Crippen LogP contribution in [0.1, 0.15) is 54.4 Å². The predicted molar refractivity (Wildman–Crippen MR) is 84.7 cm³/mol. The Balaban J connectivity index is 2.44. The maximum Gasteiger partial charge on any atom is 0.0221 e. The van der Waals surface area contributed by atoms with E-state index >= 15 is 0 Å². The van der Waals surface area contributed by atoms with Crippen molar-refractivity contribution in [1.82, 2.24) is 15.1 Å². The molecule has 0 amide bonds. The third kappa shape index (κ3) is 6.24. The van der Waals surface area contributed by atoms with Gasteiger partial charge in [-0.25, -0.2) is 0 Å². The van der Waals surface area contributed by atoms with Gasteiger partial charge in [-0.15, -0.1) is 0 Å². The van der Waals surface area contributed by atoms with Crippen molar-refractivity contribution in [2.24, 2.45) is 0 Å². The van der Waals surface area contributed by atoms with Crippen LogP contribution in [-0.2, 0) is 0 Å². The lowest BCUT2D eigenvalue weighted by Gasteiger charge is -2.41. The van der Waals surface area contributed by atoms with Crippen LogP contribution in [0.4, 0.5) is 0 Å². The smallest absolute Gasteiger partial charge is 0.0221 e. The van der Waals surface area contributed by atoms with Crippen LogP contribution in [-0.4, -0.2) is 60.1 Å². The van der Waals surface area contributed by atoms with E-state index in [-0.39, 0.29) is 5.54 Å². The van der Waals surface area contributed by atoms with Crippen molar-refractivity contribution in [3.05, 3.63) is 0 Å². The summed E-state index contributed by atoms with van der Waals surface area (Å²) in [5.41, 5.74) is 0.228. The van der Waals surface area contributed by atoms with E-state index < -0.39 is 0 Å². The van der Waals surface area contributed by atoms with Gasteiger partial charge in [0.25, 0.3) is 0 Å². The summed E-state index contributed by atoms with van der Waals surface area (Å²) in [6, 6.07) is 1.40. The summed E-state index contributed by atoms with van der Waals surface area (Å²) in [7, 11) is 0. The van der Waals surface area contributed by atoms with Gasteiger partial charge < -0.3 is 5.32 Å². The van der Waals surface area contributed by atoms with Gasteiger partial charge in [0.2, 0.25) is 0 Å². The summed E-state index contributed by atoms with van der Waals surface area (Å²) >= 11 is 0. The van der Waals surface area contributed by atoms with Crippen molar-refractivity contribution >= 4 is 0 Å². The molecule has 1 N–H and O–H groups in total. The molecule has 0 bridgehead atoms. The molecule has 0 aromatic heterocycles. The normalized spacial score (nSPS) is 21.0. The summed E-state index contributed by atoms with van der Waals surface area (Å²) in [6.45, 7) is 19.7. The molecule has 114 valence electrons. The predicted octanol–water partition coefficient (Wildman–Crippen LogP) is 2.57. The number of nitrogens with one attached hydrogen (secondary N) is 1. The van der Waals surface area contributed by atoms with Gasteiger partial charge in [0.1, 0.15) is 0 Å². The Bertz CT molecular complexity index is 237. The lowest BCUT2D eigenvalue weighted by atomic mass is 10.0. The lowest BCUT2D eigenvalue weighted by Crippen LogP contribution is -2.55. The first-order valence-corrected chi connectivity index (χ1v) is 8.06. The van der Waals surface area contributed by atoms with Crippen molar-refractivity contribution in [2.45, 2.75) is 72.0 Å². The zero-order valence-corrected chi connectivity index (χ0v) is 14.0. The van der Waals surface area contributed by atoms with Crippen LogP contribution in [0.2, 0.25) is 0 Å². The summed E-state index contributed by atoms with van der Waals surface area (Å²) in [4.78, 5) is 5.29. The molecule has 3 heteroatoms. The van der Waals surface area contributed by atoms with Crippen LogP contribution < -0.4 is 5.32 Å². The van der Waals surface area contributed by atoms with E-state index in [9.17, 15) is 0 Å². The van der Waals surface area contributed by atoms with Crippen LogP contribution in [0, 0.1) is 0 Å². The molecule has 1 heterocycles. The van der Waals surface area contributed by atoms with Gasteiger partial charge in [-0.05, 0) is 41.0 Å². The van der Waals surface area contributed by atoms with Crippen LogP contribution in [0.15, 0.2) is 0 Å². The average Bonchev–Trinajstić information content (AvgIpc) is 2.33. The molecule has 1 unspecified atom stereocenters. The molecule has 1 fully saturated rings. The lowest BCUT2D eigenvalue weighted by molar-refractivity contribution is 0.0720. The van der Waals surface area contributed by atoms with Crippen molar-refractivity contribution < 1.29 is 0 Å². The van der Waals surface area contributed by atoms with Gasteiger partial charge >= 0.3 is 0 Å². The van der Waals surface area contributed by atoms with E-state index in [1.165, 1.54) is 39.0 Å². The molecule has 0 saturated carbocycles. The maximum atomic E-state index is 3.68. The second-order valence-electron chi connectivity index (χ2n) is 7.24. The minimum Gasteiger partial charge on any atom is -0.311 e. The van der Waals surface area contributed by atoms with Crippen LogP contribution in [0.25, 0.3) is 0 Å². The van der Waals surface area contributed by atoms with Gasteiger partial charge in [-0.1, -0.05) is 13.3 Å². The largest absolute Gasteiger partial charge is 0.311 e. The minimum absolute atomic E-state index is 0.228. The zero-order valence-electron chi connectivity index (χ0n) is 14.0. The summed E-state index contributed by atoms with van der Waals surface area (Å²) in [5, 5.41) is 3.68. The highest BCUT2D eigenvalue weighted by molar-refractivity contribution is 4.83. The summed E-state index contributed by atoms with van der Waals surface area (Å²) < 4.78 is 0. The molecule has 1 atom stereocenters. The molecule has 19 heavy (non-hydrogen) atoms. The minimum atomic E-state index is 0.228. The molecule has 1 aliphatic heterocycles. The number of nitrogens with zero attached hydrogens (tertiary/aromatic N) is 2. The highest BCUT2D eigenvalue weighted by atomic mass is 15.3. The van der Waals surface area contributed by atoms with E-state index in [1.54, 1.807) is 0 Å². The van der Waals surface area contributed by atoms with Crippen molar-refractivity contribution in [3.8, 4) is 0 Å². The van der Waals surface area contributed by atoms with E-state index in [1.807, 2.05) is 0 Å². The Morgan fingerprint density at radius 3 is 1.95 bits per heavy atom. The van der Waals surface area contributed by atoms with Crippen molar-refractivity contribution in [2.75, 3.05) is 32.7 Å². The molecule has 1 rings (SSSR count). The fourth-order valence-electron chi connectivity index (χ4n) is 2.79. The van der Waals surface area contributed by atoms with Crippen LogP contribution in [0.3, 0.4) is 0 Å². The maximum absolute atomic E-state index is 3.68. The van der Waals surface area contributed by atoms with Gasteiger partial charge in [0.05, 0.1) is 0 Å². The summed E-state index contributed by atoms with van der Waals surface area (Å²) in [6.07, 6.45) is 2.59. The van der Waals surface area contributed by atoms with Crippen LogP contribution >= 0.6 is 0 Å². The van der Waals surface area contributed by atoms with E-state index in [2.05, 4.69) is 56.7 Å². The molecule has 1 saturated heterocycles. The molecule has 0 aromatic rings. The molecule has 0 spiro atoms. The fraction of sp³-hybridized carbons (Fsp3) is 1.00. The molecule has 0 aliphatic carbocycles. The second kappa shape index (κ2) is 7.61. The van der Waals surface area contributed by atoms with Gasteiger partial charge in [0.15, 0.2) is 0 Å². The van der Waals surface area contributed by atoms with E-state index in [0.29, 0.717) is 12.1 Å². The number of piperazine rings is 1. The molecule has 3 nitrogen and oxygen atoms in total. The monoisotopic (exact) mass is 269 g/mol. The van der Waals surface area contributed by atoms with E-state index in [0.717, 1.165) is 6.54 Å². The molecular weight excluding hydrogens is 234 g/mol. The topological polar surface area (TPSA) is 18.5 Å². The van der Waals surface area contributed by atoms with Crippen molar-refractivity contribution in [3.63, 3.8) is 0 Å². The Hall–Kier alpha value is -0.120. The highest BCUT2D eigenvalue weighted by Gasteiger charge is 2.25.